The Hall–Kier alpha value is -1.53. The Labute approximate surface area is 116 Å². The number of carbonyl (C=O) groups is 1. The fourth-order valence-corrected chi connectivity index (χ4v) is 1.81. The van der Waals surface area contributed by atoms with Crippen molar-refractivity contribution >= 4 is 35.7 Å². The molecule has 0 saturated heterocycles. The Morgan fingerprint density at radius 3 is 2.79 bits per heavy atom. The van der Waals surface area contributed by atoms with Crippen molar-refractivity contribution in [3.05, 3.63) is 29.7 Å². The van der Waals surface area contributed by atoms with Gasteiger partial charge in [-0.15, -0.1) is 0 Å². The number of halogens is 1. The molecule has 0 saturated carbocycles. The van der Waals surface area contributed by atoms with Gasteiger partial charge in [-0.3, -0.25) is 9.52 Å². The molecule has 3 N–H and O–H groups in total. The molecular formula is C13H16FN3OS. The zero-order valence-electron chi connectivity index (χ0n) is 10.7. The van der Waals surface area contributed by atoms with E-state index >= 15 is 0 Å². The molecule has 0 unspecified atom stereocenters. The third-order valence-electron chi connectivity index (χ3n) is 2.88. The van der Waals surface area contributed by atoms with E-state index in [1.165, 1.54) is 6.07 Å². The van der Waals surface area contributed by atoms with Gasteiger partial charge >= 0.3 is 0 Å². The number of nitrogens with one attached hydrogen (secondary N) is 3. The van der Waals surface area contributed by atoms with Crippen LogP contribution in [-0.2, 0) is 0 Å². The molecule has 0 aliphatic heterocycles. The zero-order valence-corrected chi connectivity index (χ0v) is 11.6. The van der Waals surface area contributed by atoms with Crippen molar-refractivity contribution in [1.29, 1.82) is 0 Å². The molecule has 4 nitrogen and oxygen atoms in total. The molecule has 102 valence electrons. The predicted octanol–water partition coefficient (Wildman–Crippen LogP) is 2.74. The van der Waals surface area contributed by atoms with E-state index in [0.717, 1.165) is 5.52 Å². The maximum Gasteiger partial charge on any atom is 0.166 e. The maximum absolute atomic E-state index is 13.9. The first-order chi connectivity index (χ1) is 8.95. The molecule has 0 atom stereocenters. The van der Waals surface area contributed by atoms with Crippen LogP contribution in [-0.4, -0.2) is 23.4 Å². The van der Waals surface area contributed by atoms with E-state index in [2.05, 4.69) is 27.8 Å². The summed E-state index contributed by atoms with van der Waals surface area (Å²) in [6.45, 7) is 4.41. The van der Waals surface area contributed by atoms with E-state index in [-0.39, 0.29) is 11.4 Å². The highest BCUT2D eigenvalue weighted by atomic mass is 32.1. The van der Waals surface area contributed by atoms with Crippen LogP contribution in [0.3, 0.4) is 0 Å². The van der Waals surface area contributed by atoms with E-state index in [1.807, 2.05) is 13.8 Å². The number of aromatic amines is 1. The van der Waals surface area contributed by atoms with Crippen molar-refractivity contribution in [2.24, 2.45) is 0 Å². The first kappa shape index (κ1) is 13.9. The summed E-state index contributed by atoms with van der Waals surface area (Å²) in [6, 6.07) is 4.68. The van der Waals surface area contributed by atoms with Gasteiger partial charge in [-0.1, -0.05) is 12.8 Å². The molecule has 0 aliphatic carbocycles. The minimum Gasteiger partial charge on any atom is -0.381 e. The van der Waals surface area contributed by atoms with Gasteiger partial charge in [0.2, 0.25) is 0 Å². The summed E-state index contributed by atoms with van der Waals surface area (Å²) in [5, 5.41) is 3.71. The third-order valence-corrected chi connectivity index (χ3v) is 3.48. The number of anilines is 1. The largest absolute Gasteiger partial charge is 0.381 e. The molecule has 1 aromatic carbocycles. The molecule has 1 aromatic heterocycles. The van der Waals surface area contributed by atoms with Crippen molar-refractivity contribution in [3.63, 3.8) is 0 Å². The average molecular weight is 281 g/mol. The van der Waals surface area contributed by atoms with Gasteiger partial charge in [0.15, 0.2) is 6.29 Å². The second kappa shape index (κ2) is 5.22. The molecule has 1 heterocycles. The number of hydrogen-bond acceptors (Lipinski definition) is 4. The van der Waals surface area contributed by atoms with Crippen LogP contribution in [0, 0.1) is 5.82 Å². The molecular weight excluding hydrogens is 265 g/mol. The van der Waals surface area contributed by atoms with Gasteiger partial charge in [-0.05, 0) is 32.0 Å². The summed E-state index contributed by atoms with van der Waals surface area (Å²) < 4.78 is 16.7. The lowest BCUT2D eigenvalue weighted by Gasteiger charge is -2.24. The molecule has 2 aromatic rings. The van der Waals surface area contributed by atoms with Crippen molar-refractivity contribution < 1.29 is 9.18 Å². The lowest BCUT2D eigenvalue weighted by molar-refractivity contribution is 0.112. The lowest BCUT2D eigenvalue weighted by atomic mass is 10.1. The number of aromatic nitrogens is 1. The van der Waals surface area contributed by atoms with Crippen LogP contribution >= 0.6 is 12.8 Å². The van der Waals surface area contributed by atoms with Gasteiger partial charge in [0.25, 0.3) is 0 Å². The van der Waals surface area contributed by atoms with Gasteiger partial charge in [0.1, 0.15) is 5.82 Å². The molecule has 0 amide bonds. The predicted molar refractivity (Wildman–Crippen MR) is 78.3 cm³/mol. The Balaban J connectivity index is 2.28. The van der Waals surface area contributed by atoms with Crippen molar-refractivity contribution in [1.82, 2.24) is 9.71 Å². The SMILES string of the molecule is CC(C)(CNc1cc2[nH]c(C=O)cc2cc1F)NS. The van der Waals surface area contributed by atoms with Crippen LogP contribution in [0.4, 0.5) is 10.1 Å². The minimum absolute atomic E-state index is 0.270. The molecule has 2 rings (SSSR count). The van der Waals surface area contributed by atoms with Crippen LogP contribution in [0.25, 0.3) is 10.9 Å². The van der Waals surface area contributed by atoms with E-state index in [9.17, 15) is 9.18 Å². The molecule has 0 aliphatic rings. The summed E-state index contributed by atoms with van der Waals surface area (Å²) >= 11 is 4.02. The fourth-order valence-electron chi connectivity index (χ4n) is 1.73. The van der Waals surface area contributed by atoms with E-state index in [4.69, 9.17) is 0 Å². The highest BCUT2D eigenvalue weighted by molar-refractivity contribution is 7.78. The monoisotopic (exact) mass is 281 g/mol. The fraction of sp³-hybridized carbons (Fsp3) is 0.308. The number of carbonyl (C=O) groups excluding carboxylic acids is 1. The van der Waals surface area contributed by atoms with Gasteiger partial charge in [-0.2, -0.15) is 0 Å². The molecule has 19 heavy (non-hydrogen) atoms. The van der Waals surface area contributed by atoms with Crippen LogP contribution in [0.1, 0.15) is 24.3 Å². The molecule has 0 fully saturated rings. The highest BCUT2D eigenvalue weighted by Crippen LogP contribution is 2.23. The van der Waals surface area contributed by atoms with Crippen molar-refractivity contribution in [2.75, 3.05) is 11.9 Å². The van der Waals surface area contributed by atoms with Gasteiger partial charge in [0.05, 0.1) is 11.4 Å². The number of hydrogen-bond donors (Lipinski definition) is 4. The summed E-state index contributed by atoms with van der Waals surface area (Å²) in [5.41, 5.74) is 1.28. The number of benzene rings is 1. The minimum atomic E-state index is -0.348. The Morgan fingerprint density at radius 2 is 2.16 bits per heavy atom. The van der Waals surface area contributed by atoms with Gasteiger partial charge in [0, 0.05) is 23.0 Å². The van der Waals surface area contributed by atoms with Crippen LogP contribution < -0.4 is 10.0 Å². The third kappa shape index (κ3) is 3.08. The van der Waals surface area contributed by atoms with Crippen molar-refractivity contribution in [3.8, 4) is 0 Å². The Kier molecular flexibility index (Phi) is 3.82. The lowest BCUT2D eigenvalue weighted by Crippen LogP contribution is -2.40. The summed E-state index contributed by atoms with van der Waals surface area (Å²) in [6.07, 6.45) is 0.707. The number of rotatable bonds is 5. The zero-order chi connectivity index (χ0) is 14.0. The summed E-state index contributed by atoms with van der Waals surface area (Å²) in [7, 11) is 0. The van der Waals surface area contributed by atoms with Gasteiger partial charge in [-0.25, -0.2) is 4.39 Å². The normalized spacial score (nSPS) is 11.8. The first-order valence-corrected chi connectivity index (χ1v) is 6.32. The maximum atomic E-state index is 13.9. The average Bonchev–Trinajstić information content (AvgIpc) is 2.78. The van der Waals surface area contributed by atoms with Crippen LogP contribution in [0.2, 0.25) is 0 Å². The molecule has 0 spiro atoms. The number of aldehydes is 1. The van der Waals surface area contributed by atoms with E-state index < -0.39 is 0 Å². The van der Waals surface area contributed by atoms with Crippen LogP contribution in [0.15, 0.2) is 18.2 Å². The topological polar surface area (TPSA) is 56.9 Å². The van der Waals surface area contributed by atoms with Gasteiger partial charge < -0.3 is 10.3 Å². The number of fused-ring (bicyclic) bond motifs is 1. The molecule has 0 radical (unpaired) electrons. The quantitative estimate of drug-likeness (QED) is 0.503. The molecule has 0 bridgehead atoms. The smallest absolute Gasteiger partial charge is 0.166 e. The standard InChI is InChI=1S/C13H16FN3OS/c1-13(2,17-19)7-15-12-5-11-8(4-10(12)14)3-9(6-18)16-11/h3-6,15-17,19H,7H2,1-2H3. The second-order valence-corrected chi connectivity index (χ2v) is 5.33. The summed E-state index contributed by atoms with van der Waals surface area (Å²) in [5.74, 6) is -0.348. The highest BCUT2D eigenvalue weighted by Gasteiger charge is 2.16. The van der Waals surface area contributed by atoms with Crippen molar-refractivity contribution in [2.45, 2.75) is 19.4 Å². The number of H-pyrrole nitrogens is 1. The first-order valence-electron chi connectivity index (χ1n) is 5.88. The molecule has 6 heteroatoms. The number of thiol groups is 1. The second-order valence-electron chi connectivity index (χ2n) is 5.11. The van der Waals surface area contributed by atoms with E-state index in [0.29, 0.717) is 29.6 Å². The Morgan fingerprint density at radius 1 is 1.42 bits per heavy atom. The van der Waals surface area contributed by atoms with E-state index in [1.54, 1.807) is 12.1 Å². The van der Waals surface area contributed by atoms with Crippen LogP contribution in [0.5, 0.6) is 0 Å². The summed E-state index contributed by atoms with van der Waals surface area (Å²) in [4.78, 5) is 13.6. The Bertz CT molecular complexity index is 609.